The molecule has 1 aromatic rings. The average molecular weight is 305 g/mol. The fourth-order valence-electron chi connectivity index (χ4n) is 1.62. The van der Waals surface area contributed by atoms with Crippen LogP contribution in [0.5, 0.6) is 5.75 Å². The number of amides is 1. The summed E-state index contributed by atoms with van der Waals surface area (Å²) < 4.78 is 18.3. The van der Waals surface area contributed by atoms with Crippen molar-refractivity contribution >= 4 is 18.3 Å². The quantitative estimate of drug-likeness (QED) is 0.811. The number of benzene rings is 1. The van der Waals surface area contributed by atoms with Crippen molar-refractivity contribution in [1.82, 2.24) is 10.6 Å². The molecule has 4 nitrogen and oxygen atoms in total. The van der Waals surface area contributed by atoms with Gasteiger partial charge in [-0.05, 0) is 32.5 Å². The minimum absolute atomic E-state index is 0. The van der Waals surface area contributed by atoms with Gasteiger partial charge in [-0.25, -0.2) is 4.39 Å². The lowest BCUT2D eigenvalue weighted by Gasteiger charge is -2.17. The molecule has 20 heavy (non-hydrogen) atoms. The summed E-state index contributed by atoms with van der Waals surface area (Å²) in [7, 11) is 0. The van der Waals surface area contributed by atoms with Gasteiger partial charge in [0.1, 0.15) is 11.6 Å². The Bertz CT molecular complexity index is 418. The molecule has 0 bridgehead atoms. The van der Waals surface area contributed by atoms with E-state index < -0.39 is 6.10 Å². The van der Waals surface area contributed by atoms with Gasteiger partial charge in [0.2, 0.25) is 0 Å². The molecular weight excluding hydrogens is 283 g/mol. The number of halogens is 2. The van der Waals surface area contributed by atoms with Gasteiger partial charge in [0.15, 0.2) is 6.10 Å². The van der Waals surface area contributed by atoms with Crippen LogP contribution in [0, 0.1) is 5.82 Å². The molecule has 1 amide bonds. The summed E-state index contributed by atoms with van der Waals surface area (Å²) in [5.41, 5.74) is 0. The van der Waals surface area contributed by atoms with E-state index in [2.05, 4.69) is 10.6 Å². The van der Waals surface area contributed by atoms with Crippen LogP contribution in [0.2, 0.25) is 0 Å². The van der Waals surface area contributed by atoms with Crippen LogP contribution in [0.4, 0.5) is 4.39 Å². The molecule has 0 fully saturated rings. The van der Waals surface area contributed by atoms with E-state index in [4.69, 9.17) is 4.74 Å². The van der Waals surface area contributed by atoms with Gasteiger partial charge in [-0.2, -0.15) is 0 Å². The summed E-state index contributed by atoms with van der Waals surface area (Å²) in [4.78, 5) is 11.8. The molecule has 114 valence electrons. The Morgan fingerprint density at radius 1 is 1.40 bits per heavy atom. The van der Waals surface area contributed by atoms with E-state index in [9.17, 15) is 9.18 Å². The summed E-state index contributed by atoms with van der Waals surface area (Å²) >= 11 is 0. The van der Waals surface area contributed by atoms with Gasteiger partial charge < -0.3 is 15.4 Å². The molecule has 0 aromatic heterocycles. The standard InChI is InChI=1S/C14H21FN2O2.ClH/c1-4-16-10(2)9-17-14(18)11(3)19-13-7-5-6-12(15)8-13;/h5-8,10-11,16H,4,9H2,1-3H3,(H,17,18);1H/t10-,11?;/m1./s1. The molecule has 2 atom stereocenters. The van der Waals surface area contributed by atoms with E-state index in [1.54, 1.807) is 19.1 Å². The lowest BCUT2D eigenvalue weighted by molar-refractivity contribution is -0.127. The average Bonchev–Trinajstić information content (AvgIpc) is 2.36. The van der Waals surface area contributed by atoms with Crippen molar-refractivity contribution < 1.29 is 13.9 Å². The van der Waals surface area contributed by atoms with E-state index in [1.807, 2.05) is 13.8 Å². The molecule has 0 aliphatic carbocycles. The third kappa shape index (κ3) is 6.73. The molecular formula is C14H22ClFN2O2. The molecule has 0 aliphatic heterocycles. The summed E-state index contributed by atoms with van der Waals surface area (Å²) in [6.07, 6.45) is -0.657. The van der Waals surface area contributed by atoms with Crippen LogP contribution in [-0.2, 0) is 4.79 Å². The van der Waals surface area contributed by atoms with Gasteiger partial charge in [0.25, 0.3) is 5.91 Å². The third-order valence-electron chi connectivity index (χ3n) is 2.61. The zero-order valence-corrected chi connectivity index (χ0v) is 12.8. The monoisotopic (exact) mass is 304 g/mol. The molecule has 0 radical (unpaired) electrons. The SMILES string of the molecule is CCN[C@H](C)CNC(=O)C(C)Oc1cccc(F)c1.Cl. The minimum atomic E-state index is -0.657. The molecule has 1 unspecified atom stereocenters. The van der Waals surface area contributed by atoms with Gasteiger partial charge in [0, 0.05) is 18.7 Å². The smallest absolute Gasteiger partial charge is 0.260 e. The van der Waals surface area contributed by atoms with Crippen LogP contribution in [-0.4, -0.2) is 31.1 Å². The lowest BCUT2D eigenvalue weighted by Crippen LogP contribution is -2.43. The maximum Gasteiger partial charge on any atom is 0.260 e. The van der Waals surface area contributed by atoms with Crippen LogP contribution in [0.25, 0.3) is 0 Å². The fourth-order valence-corrected chi connectivity index (χ4v) is 1.62. The van der Waals surface area contributed by atoms with Crippen molar-refractivity contribution in [3.05, 3.63) is 30.1 Å². The number of carbonyl (C=O) groups excluding carboxylic acids is 1. The highest BCUT2D eigenvalue weighted by Gasteiger charge is 2.15. The van der Waals surface area contributed by atoms with Crippen LogP contribution in [0.3, 0.4) is 0 Å². The highest BCUT2D eigenvalue weighted by atomic mass is 35.5. The third-order valence-corrected chi connectivity index (χ3v) is 2.61. The van der Waals surface area contributed by atoms with Crippen LogP contribution in [0.15, 0.2) is 24.3 Å². The van der Waals surface area contributed by atoms with E-state index in [0.29, 0.717) is 12.3 Å². The lowest BCUT2D eigenvalue weighted by atomic mass is 10.3. The number of hydrogen-bond acceptors (Lipinski definition) is 3. The molecule has 1 aromatic carbocycles. The molecule has 0 saturated heterocycles. The Balaban J connectivity index is 0.00000361. The number of ether oxygens (including phenoxy) is 1. The first-order valence-electron chi connectivity index (χ1n) is 6.46. The molecule has 0 heterocycles. The Kier molecular flexibility index (Phi) is 8.92. The van der Waals surface area contributed by atoms with Gasteiger partial charge in [-0.15, -0.1) is 12.4 Å². The zero-order valence-electron chi connectivity index (χ0n) is 12.0. The van der Waals surface area contributed by atoms with Crippen molar-refractivity contribution in [2.24, 2.45) is 0 Å². The van der Waals surface area contributed by atoms with Gasteiger partial charge in [0.05, 0.1) is 0 Å². The summed E-state index contributed by atoms with van der Waals surface area (Å²) in [5.74, 6) is -0.248. The Labute approximate surface area is 125 Å². The largest absolute Gasteiger partial charge is 0.481 e. The maximum absolute atomic E-state index is 13.0. The number of carbonyl (C=O) groups is 1. The number of likely N-dealkylation sites (N-methyl/N-ethyl adjacent to an activating group) is 1. The molecule has 2 N–H and O–H groups in total. The number of rotatable bonds is 7. The van der Waals surface area contributed by atoms with E-state index in [0.717, 1.165) is 6.54 Å². The topological polar surface area (TPSA) is 50.4 Å². The van der Waals surface area contributed by atoms with Crippen molar-refractivity contribution in [3.63, 3.8) is 0 Å². The fraction of sp³-hybridized carbons (Fsp3) is 0.500. The minimum Gasteiger partial charge on any atom is -0.481 e. The van der Waals surface area contributed by atoms with Gasteiger partial charge in [-0.1, -0.05) is 13.0 Å². The zero-order chi connectivity index (χ0) is 14.3. The van der Waals surface area contributed by atoms with Crippen molar-refractivity contribution in [3.8, 4) is 5.75 Å². The van der Waals surface area contributed by atoms with Crippen LogP contribution >= 0.6 is 12.4 Å². The first-order chi connectivity index (χ1) is 9.02. The van der Waals surface area contributed by atoms with Gasteiger partial charge >= 0.3 is 0 Å². The van der Waals surface area contributed by atoms with Crippen molar-refractivity contribution in [2.75, 3.05) is 13.1 Å². The number of hydrogen-bond donors (Lipinski definition) is 2. The normalized spacial score (nSPS) is 13.0. The highest BCUT2D eigenvalue weighted by Crippen LogP contribution is 2.13. The summed E-state index contributed by atoms with van der Waals surface area (Å²) in [5, 5.41) is 5.97. The second kappa shape index (κ2) is 9.55. The van der Waals surface area contributed by atoms with Crippen LogP contribution in [0.1, 0.15) is 20.8 Å². The van der Waals surface area contributed by atoms with Crippen molar-refractivity contribution in [1.29, 1.82) is 0 Å². The van der Waals surface area contributed by atoms with Gasteiger partial charge in [-0.3, -0.25) is 4.79 Å². The number of nitrogens with one attached hydrogen (secondary N) is 2. The predicted octanol–water partition coefficient (Wildman–Crippen LogP) is 2.13. The summed E-state index contributed by atoms with van der Waals surface area (Å²) in [6, 6.07) is 5.95. The molecule has 0 saturated carbocycles. The summed E-state index contributed by atoms with van der Waals surface area (Å²) in [6.45, 7) is 7.02. The second-order valence-corrected chi connectivity index (χ2v) is 4.42. The maximum atomic E-state index is 13.0. The predicted molar refractivity (Wildman–Crippen MR) is 79.9 cm³/mol. The molecule has 0 spiro atoms. The van der Waals surface area contributed by atoms with Crippen molar-refractivity contribution in [2.45, 2.75) is 32.9 Å². The van der Waals surface area contributed by atoms with E-state index in [-0.39, 0.29) is 30.2 Å². The molecule has 0 aliphatic rings. The second-order valence-electron chi connectivity index (χ2n) is 4.42. The first kappa shape index (κ1) is 18.7. The first-order valence-corrected chi connectivity index (χ1v) is 6.46. The Morgan fingerprint density at radius 2 is 2.10 bits per heavy atom. The Hall–Kier alpha value is -1.33. The van der Waals surface area contributed by atoms with Crippen LogP contribution < -0.4 is 15.4 Å². The molecule has 6 heteroatoms. The highest BCUT2D eigenvalue weighted by molar-refractivity contribution is 5.85. The van der Waals surface area contributed by atoms with E-state index in [1.165, 1.54) is 12.1 Å². The Morgan fingerprint density at radius 3 is 2.70 bits per heavy atom. The molecule has 1 rings (SSSR count). The van der Waals surface area contributed by atoms with E-state index >= 15 is 0 Å².